The van der Waals surface area contributed by atoms with Crippen molar-refractivity contribution in [1.29, 1.82) is 0 Å². The maximum atomic E-state index is 4.78. The van der Waals surface area contributed by atoms with Gasteiger partial charge in [-0.05, 0) is 0 Å². The van der Waals surface area contributed by atoms with Crippen LogP contribution in [-0.2, 0) is 13.0 Å². The molecular weight excluding hydrogens is 140 g/mol. The number of fused-ring (bicyclic) bond motifs is 1. The van der Waals surface area contributed by atoms with Gasteiger partial charge in [-0.2, -0.15) is 0 Å². The molecule has 0 saturated carbocycles. The molecule has 0 amide bonds. The number of aromatic nitrogens is 1. The Morgan fingerprint density at radius 2 is 2.36 bits per heavy atom. The van der Waals surface area contributed by atoms with Gasteiger partial charge in [-0.15, -0.1) is 0 Å². The van der Waals surface area contributed by atoms with Crippen molar-refractivity contribution in [3.8, 4) is 0 Å². The van der Waals surface area contributed by atoms with Gasteiger partial charge in [-0.3, -0.25) is 0 Å². The summed E-state index contributed by atoms with van der Waals surface area (Å²) in [5.41, 5.74) is 2.33. The summed E-state index contributed by atoms with van der Waals surface area (Å²) in [5, 5.41) is 7.07. The van der Waals surface area contributed by atoms with Crippen LogP contribution in [-0.4, -0.2) is 11.7 Å². The van der Waals surface area contributed by atoms with Crippen LogP contribution >= 0.6 is 0 Å². The summed E-state index contributed by atoms with van der Waals surface area (Å²) >= 11 is 0. The second-order valence-corrected chi connectivity index (χ2v) is 2.21. The highest BCUT2D eigenvalue weighted by atomic mass is 16.5. The normalized spacial score (nSPS) is 14.7. The standard InChI is InChI=1S/C6H8N2O.C2H6/c1-2-7-3-5-4-9-8-6(1)5;1-2/h4,7H,1-3H2;1-2H3. The van der Waals surface area contributed by atoms with Crippen LogP contribution in [0.3, 0.4) is 0 Å². The van der Waals surface area contributed by atoms with E-state index >= 15 is 0 Å². The van der Waals surface area contributed by atoms with Gasteiger partial charge in [0.2, 0.25) is 0 Å². The van der Waals surface area contributed by atoms with Gasteiger partial charge < -0.3 is 9.84 Å². The Morgan fingerprint density at radius 1 is 1.55 bits per heavy atom. The van der Waals surface area contributed by atoms with Gasteiger partial charge in [0.05, 0.1) is 5.69 Å². The zero-order valence-corrected chi connectivity index (χ0v) is 7.05. The topological polar surface area (TPSA) is 38.1 Å². The average Bonchev–Trinajstić information content (AvgIpc) is 2.55. The fourth-order valence-electron chi connectivity index (χ4n) is 1.06. The molecule has 0 unspecified atom stereocenters. The smallest absolute Gasteiger partial charge is 0.128 e. The Hall–Kier alpha value is -0.830. The molecule has 3 heteroatoms. The molecule has 2 heterocycles. The van der Waals surface area contributed by atoms with Crippen molar-refractivity contribution in [3.05, 3.63) is 17.5 Å². The molecule has 2 rings (SSSR count). The number of hydrogen-bond donors (Lipinski definition) is 1. The molecule has 1 aliphatic heterocycles. The molecule has 0 aliphatic carbocycles. The lowest BCUT2D eigenvalue weighted by Gasteiger charge is -2.08. The monoisotopic (exact) mass is 154 g/mol. The van der Waals surface area contributed by atoms with Crippen molar-refractivity contribution in [1.82, 2.24) is 10.5 Å². The van der Waals surface area contributed by atoms with Crippen molar-refractivity contribution in [2.75, 3.05) is 6.54 Å². The van der Waals surface area contributed by atoms with Gasteiger partial charge in [0.15, 0.2) is 0 Å². The summed E-state index contributed by atoms with van der Waals surface area (Å²) in [6.07, 6.45) is 2.72. The van der Waals surface area contributed by atoms with Crippen molar-refractivity contribution in [3.63, 3.8) is 0 Å². The quantitative estimate of drug-likeness (QED) is 0.613. The van der Waals surface area contributed by atoms with Crippen molar-refractivity contribution < 1.29 is 4.52 Å². The van der Waals surface area contributed by atoms with Gasteiger partial charge in [0.1, 0.15) is 6.26 Å². The van der Waals surface area contributed by atoms with Gasteiger partial charge in [-0.1, -0.05) is 19.0 Å². The molecule has 1 aromatic rings. The summed E-state index contributed by atoms with van der Waals surface area (Å²) in [7, 11) is 0. The lowest BCUT2D eigenvalue weighted by atomic mass is 10.1. The molecule has 0 bridgehead atoms. The maximum Gasteiger partial charge on any atom is 0.128 e. The summed E-state index contributed by atoms with van der Waals surface area (Å²) < 4.78 is 4.78. The molecule has 0 spiro atoms. The molecule has 0 radical (unpaired) electrons. The summed E-state index contributed by atoms with van der Waals surface area (Å²) in [6.45, 7) is 5.94. The van der Waals surface area contributed by atoms with E-state index in [9.17, 15) is 0 Å². The second-order valence-electron chi connectivity index (χ2n) is 2.21. The Bertz CT molecular complexity index is 187. The number of rotatable bonds is 0. The molecule has 1 aliphatic rings. The molecule has 0 atom stereocenters. The van der Waals surface area contributed by atoms with E-state index in [0.29, 0.717) is 0 Å². The highest BCUT2D eigenvalue weighted by Gasteiger charge is 2.10. The van der Waals surface area contributed by atoms with E-state index in [1.54, 1.807) is 6.26 Å². The van der Waals surface area contributed by atoms with Crippen LogP contribution in [0.4, 0.5) is 0 Å². The predicted octanol–water partition coefficient (Wildman–Crippen LogP) is 1.35. The molecule has 1 aromatic heterocycles. The van der Waals surface area contributed by atoms with Crippen molar-refractivity contribution >= 4 is 0 Å². The van der Waals surface area contributed by atoms with E-state index in [4.69, 9.17) is 4.52 Å². The maximum absolute atomic E-state index is 4.78. The second kappa shape index (κ2) is 4.13. The Kier molecular flexibility index (Phi) is 3.11. The van der Waals surface area contributed by atoms with E-state index in [-0.39, 0.29) is 0 Å². The predicted molar refractivity (Wildman–Crippen MR) is 43.3 cm³/mol. The average molecular weight is 154 g/mol. The summed E-state index contributed by atoms with van der Waals surface area (Å²) in [5.74, 6) is 0. The van der Waals surface area contributed by atoms with E-state index < -0.39 is 0 Å². The van der Waals surface area contributed by atoms with Crippen LogP contribution in [0.5, 0.6) is 0 Å². The van der Waals surface area contributed by atoms with Crippen LogP contribution in [0.25, 0.3) is 0 Å². The molecule has 3 nitrogen and oxygen atoms in total. The van der Waals surface area contributed by atoms with Crippen molar-refractivity contribution in [2.45, 2.75) is 26.8 Å². The third-order valence-corrected chi connectivity index (χ3v) is 1.58. The largest absolute Gasteiger partial charge is 0.364 e. The Morgan fingerprint density at radius 3 is 3.09 bits per heavy atom. The first-order chi connectivity index (χ1) is 5.47. The van der Waals surface area contributed by atoms with Gasteiger partial charge in [0, 0.05) is 25.1 Å². The SMILES string of the molecule is CC.c1onc2c1CNCC2. The first kappa shape index (κ1) is 8.27. The first-order valence-corrected chi connectivity index (χ1v) is 4.09. The van der Waals surface area contributed by atoms with Crippen LogP contribution < -0.4 is 5.32 Å². The van der Waals surface area contributed by atoms with Gasteiger partial charge in [-0.25, -0.2) is 0 Å². The van der Waals surface area contributed by atoms with E-state index in [1.807, 2.05) is 13.8 Å². The first-order valence-electron chi connectivity index (χ1n) is 4.09. The summed E-state index contributed by atoms with van der Waals surface area (Å²) in [6, 6.07) is 0. The van der Waals surface area contributed by atoms with E-state index in [0.717, 1.165) is 25.2 Å². The molecule has 0 fully saturated rings. The van der Waals surface area contributed by atoms with Crippen LogP contribution in [0, 0.1) is 0 Å². The lowest BCUT2D eigenvalue weighted by molar-refractivity contribution is 0.412. The third kappa shape index (κ3) is 1.80. The zero-order valence-electron chi connectivity index (χ0n) is 7.05. The van der Waals surface area contributed by atoms with Crippen LogP contribution in [0.1, 0.15) is 25.1 Å². The van der Waals surface area contributed by atoms with Crippen molar-refractivity contribution in [2.24, 2.45) is 0 Å². The highest BCUT2D eigenvalue weighted by molar-refractivity contribution is 5.16. The van der Waals surface area contributed by atoms with E-state index in [1.165, 1.54) is 5.56 Å². The molecule has 0 saturated heterocycles. The highest BCUT2D eigenvalue weighted by Crippen LogP contribution is 2.09. The number of nitrogens with one attached hydrogen (secondary N) is 1. The minimum atomic E-state index is 0.916. The number of nitrogens with zero attached hydrogens (tertiary/aromatic N) is 1. The Balaban J connectivity index is 0.000000281. The molecule has 62 valence electrons. The fraction of sp³-hybridized carbons (Fsp3) is 0.625. The van der Waals surface area contributed by atoms with Gasteiger partial charge in [0.25, 0.3) is 0 Å². The number of hydrogen-bond acceptors (Lipinski definition) is 3. The van der Waals surface area contributed by atoms with Crippen LogP contribution in [0.2, 0.25) is 0 Å². The van der Waals surface area contributed by atoms with Gasteiger partial charge >= 0.3 is 0 Å². The fourth-order valence-corrected chi connectivity index (χ4v) is 1.06. The zero-order chi connectivity index (χ0) is 8.10. The molecular formula is C8H14N2O. The molecule has 0 aromatic carbocycles. The minimum Gasteiger partial charge on any atom is -0.364 e. The Labute approximate surface area is 66.8 Å². The third-order valence-electron chi connectivity index (χ3n) is 1.58. The minimum absolute atomic E-state index is 0.916. The van der Waals surface area contributed by atoms with Crippen LogP contribution in [0.15, 0.2) is 10.8 Å². The lowest BCUT2D eigenvalue weighted by Crippen LogP contribution is -2.22. The molecule has 11 heavy (non-hydrogen) atoms. The summed E-state index contributed by atoms with van der Waals surface area (Å²) in [4.78, 5) is 0. The van der Waals surface area contributed by atoms with E-state index in [2.05, 4.69) is 10.5 Å². The molecule has 1 N–H and O–H groups in total.